The van der Waals surface area contributed by atoms with Gasteiger partial charge in [-0.1, -0.05) is 43.2 Å². The Morgan fingerprint density at radius 3 is 2.62 bits per heavy atom. The third-order valence-corrected chi connectivity index (χ3v) is 4.87. The van der Waals surface area contributed by atoms with Gasteiger partial charge in [0.15, 0.2) is 5.96 Å². The summed E-state index contributed by atoms with van der Waals surface area (Å²) >= 11 is 0. The van der Waals surface area contributed by atoms with Crippen LogP contribution in [0.2, 0.25) is 0 Å². The van der Waals surface area contributed by atoms with Crippen molar-refractivity contribution in [2.75, 3.05) is 19.7 Å². The number of halogens is 1. The summed E-state index contributed by atoms with van der Waals surface area (Å²) in [5.41, 5.74) is 1.28. The molecule has 2 fully saturated rings. The quantitative estimate of drug-likeness (QED) is 0.413. The molecule has 0 aromatic heterocycles. The first-order chi connectivity index (χ1) is 11.4. The molecule has 134 valence electrons. The predicted molar refractivity (Wildman–Crippen MR) is 110 cm³/mol. The van der Waals surface area contributed by atoms with Crippen LogP contribution in [0, 0.1) is 5.92 Å². The highest BCUT2D eigenvalue weighted by atomic mass is 127. The van der Waals surface area contributed by atoms with Crippen LogP contribution in [-0.4, -0.2) is 31.7 Å². The van der Waals surface area contributed by atoms with E-state index in [2.05, 4.69) is 47.9 Å². The van der Waals surface area contributed by atoms with Crippen LogP contribution in [0.1, 0.15) is 50.7 Å². The molecule has 1 saturated carbocycles. The Kier molecular flexibility index (Phi) is 8.32. The van der Waals surface area contributed by atoms with Gasteiger partial charge in [0, 0.05) is 31.7 Å². The number of benzene rings is 1. The number of guanidine groups is 1. The lowest BCUT2D eigenvalue weighted by Crippen LogP contribution is -2.42. The van der Waals surface area contributed by atoms with Crippen LogP contribution in [-0.2, 0) is 4.74 Å². The summed E-state index contributed by atoms with van der Waals surface area (Å²) < 4.78 is 5.97. The molecule has 24 heavy (non-hydrogen) atoms. The van der Waals surface area contributed by atoms with Gasteiger partial charge in [0.2, 0.25) is 0 Å². The van der Waals surface area contributed by atoms with Crippen molar-refractivity contribution in [2.45, 2.75) is 51.2 Å². The van der Waals surface area contributed by atoms with Crippen molar-refractivity contribution in [1.29, 1.82) is 0 Å². The minimum atomic E-state index is 0. The maximum Gasteiger partial charge on any atom is 0.191 e. The average molecular weight is 443 g/mol. The van der Waals surface area contributed by atoms with Gasteiger partial charge in [-0.3, -0.25) is 4.99 Å². The van der Waals surface area contributed by atoms with Crippen LogP contribution in [0.25, 0.3) is 0 Å². The van der Waals surface area contributed by atoms with Crippen molar-refractivity contribution >= 4 is 29.9 Å². The van der Waals surface area contributed by atoms with Gasteiger partial charge in [0.05, 0.1) is 6.10 Å². The Bertz CT molecular complexity index is 503. The van der Waals surface area contributed by atoms with E-state index in [4.69, 9.17) is 9.73 Å². The second-order valence-corrected chi connectivity index (χ2v) is 6.60. The van der Waals surface area contributed by atoms with Gasteiger partial charge < -0.3 is 15.4 Å². The van der Waals surface area contributed by atoms with Gasteiger partial charge in [0.25, 0.3) is 0 Å². The maximum atomic E-state index is 5.97. The maximum absolute atomic E-state index is 5.97. The molecule has 0 radical (unpaired) electrons. The Labute approximate surface area is 162 Å². The van der Waals surface area contributed by atoms with Crippen molar-refractivity contribution in [1.82, 2.24) is 10.6 Å². The van der Waals surface area contributed by atoms with Crippen LogP contribution in [0.3, 0.4) is 0 Å². The van der Waals surface area contributed by atoms with Crippen molar-refractivity contribution in [2.24, 2.45) is 10.9 Å². The van der Waals surface area contributed by atoms with Gasteiger partial charge in [-0.05, 0) is 31.7 Å². The molecule has 1 heterocycles. The molecule has 0 spiro atoms. The van der Waals surface area contributed by atoms with E-state index < -0.39 is 0 Å². The van der Waals surface area contributed by atoms with Gasteiger partial charge in [-0.15, -0.1) is 24.0 Å². The van der Waals surface area contributed by atoms with Crippen LogP contribution in [0.4, 0.5) is 0 Å². The van der Waals surface area contributed by atoms with Crippen molar-refractivity contribution < 1.29 is 4.74 Å². The highest BCUT2D eigenvalue weighted by Gasteiger charge is 2.29. The number of aliphatic imine (C=N–C) groups is 1. The lowest BCUT2D eigenvalue weighted by atomic mass is 9.95. The number of nitrogens with zero attached hydrogens (tertiary/aromatic N) is 1. The summed E-state index contributed by atoms with van der Waals surface area (Å²) in [6.45, 7) is 4.69. The standard InChI is InChI=1S/C19H29N3O.HI/c1-2-20-19(22-17-10-6-7-11-17)21-14-16-12-13-23-18(16)15-8-4-3-5-9-15;/h3-5,8-9,16-18H,2,6-7,10-14H2,1H3,(H2,20,21,22);1H. The Morgan fingerprint density at radius 1 is 1.17 bits per heavy atom. The molecule has 1 aromatic rings. The van der Waals surface area contributed by atoms with Crippen LogP contribution in [0.5, 0.6) is 0 Å². The molecule has 5 heteroatoms. The number of ether oxygens (including phenoxy) is 1. The molecule has 0 amide bonds. The number of hydrogen-bond acceptors (Lipinski definition) is 2. The Balaban J connectivity index is 0.00000208. The summed E-state index contributed by atoms with van der Waals surface area (Å²) in [5.74, 6) is 1.44. The molecule has 4 nitrogen and oxygen atoms in total. The van der Waals surface area contributed by atoms with Crippen LogP contribution >= 0.6 is 24.0 Å². The molecule has 2 aliphatic rings. The number of hydrogen-bond donors (Lipinski definition) is 2. The van der Waals surface area contributed by atoms with E-state index in [1.165, 1.54) is 31.2 Å². The van der Waals surface area contributed by atoms with Gasteiger partial charge in [-0.2, -0.15) is 0 Å². The van der Waals surface area contributed by atoms with E-state index in [9.17, 15) is 0 Å². The minimum Gasteiger partial charge on any atom is -0.373 e. The molecule has 0 bridgehead atoms. The first-order valence-corrected chi connectivity index (χ1v) is 9.08. The summed E-state index contributed by atoms with van der Waals surface area (Å²) in [4.78, 5) is 4.85. The van der Waals surface area contributed by atoms with E-state index >= 15 is 0 Å². The SMILES string of the molecule is CCNC(=NCC1CCOC1c1ccccc1)NC1CCCC1.I. The lowest BCUT2D eigenvalue weighted by Gasteiger charge is -2.20. The first kappa shape index (κ1) is 19.5. The molecule has 2 atom stereocenters. The molecule has 1 aliphatic carbocycles. The molecule has 1 aliphatic heterocycles. The molecule has 2 unspecified atom stereocenters. The fraction of sp³-hybridized carbons (Fsp3) is 0.632. The third-order valence-electron chi connectivity index (χ3n) is 4.87. The Hall–Kier alpha value is -0.820. The number of nitrogens with one attached hydrogen (secondary N) is 2. The monoisotopic (exact) mass is 443 g/mol. The smallest absolute Gasteiger partial charge is 0.191 e. The summed E-state index contributed by atoms with van der Waals surface area (Å²) in [5, 5.41) is 6.98. The van der Waals surface area contributed by atoms with Crippen LogP contribution < -0.4 is 10.6 Å². The normalized spacial score (nSPS) is 24.6. The first-order valence-electron chi connectivity index (χ1n) is 9.08. The summed E-state index contributed by atoms with van der Waals surface area (Å²) in [6.07, 6.45) is 6.49. The van der Waals surface area contributed by atoms with E-state index in [1.807, 2.05) is 0 Å². The summed E-state index contributed by atoms with van der Waals surface area (Å²) in [6, 6.07) is 11.1. The molecule has 1 saturated heterocycles. The van der Waals surface area contributed by atoms with E-state index in [1.54, 1.807) is 0 Å². The fourth-order valence-corrected chi connectivity index (χ4v) is 3.62. The van der Waals surface area contributed by atoms with E-state index in [0.29, 0.717) is 12.0 Å². The Morgan fingerprint density at radius 2 is 1.92 bits per heavy atom. The van der Waals surface area contributed by atoms with E-state index in [-0.39, 0.29) is 30.1 Å². The topological polar surface area (TPSA) is 45.7 Å². The minimum absolute atomic E-state index is 0. The van der Waals surface area contributed by atoms with Crippen molar-refractivity contribution in [3.63, 3.8) is 0 Å². The highest BCUT2D eigenvalue weighted by Crippen LogP contribution is 2.34. The molecular weight excluding hydrogens is 413 g/mol. The fourth-order valence-electron chi connectivity index (χ4n) is 3.62. The zero-order chi connectivity index (χ0) is 15.9. The lowest BCUT2D eigenvalue weighted by molar-refractivity contribution is 0.0925. The molecule has 3 rings (SSSR count). The van der Waals surface area contributed by atoms with Gasteiger partial charge >= 0.3 is 0 Å². The van der Waals surface area contributed by atoms with Gasteiger partial charge in [0.1, 0.15) is 0 Å². The molecule has 1 aromatic carbocycles. The highest BCUT2D eigenvalue weighted by molar-refractivity contribution is 14.0. The average Bonchev–Trinajstić information content (AvgIpc) is 3.25. The van der Waals surface area contributed by atoms with Crippen molar-refractivity contribution in [3.05, 3.63) is 35.9 Å². The van der Waals surface area contributed by atoms with E-state index in [0.717, 1.165) is 32.1 Å². The molecule has 2 N–H and O–H groups in total. The van der Waals surface area contributed by atoms with Gasteiger partial charge in [-0.25, -0.2) is 0 Å². The second kappa shape index (κ2) is 10.2. The third kappa shape index (κ3) is 5.34. The zero-order valence-electron chi connectivity index (χ0n) is 14.5. The second-order valence-electron chi connectivity index (χ2n) is 6.60. The largest absolute Gasteiger partial charge is 0.373 e. The zero-order valence-corrected chi connectivity index (χ0v) is 16.9. The summed E-state index contributed by atoms with van der Waals surface area (Å²) in [7, 11) is 0. The predicted octanol–water partition coefficient (Wildman–Crippen LogP) is 3.88. The molecular formula is C19H30IN3O. The van der Waals surface area contributed by atoms with Crippen LogP contribution in [0.15, 0.2) is 35.3 Å². The van der Waals surface area contributed by atoms with Crippen molar-refractivity contribution in [3.8, 4) is 0 Å². The number of rotatable bonds is 5.